The van der Waals surface area contributed by atoms with Crippen molar-refractivity contribution in [2.45, 2.75) is 27.2 Å². The van der Waals surface area contributed by atoms with E-state index in [2.05, 4.69) is 0 Å². The van der Waals surface area contributed by atoms with Crippen LogP contribution in [0.25, 0.3) is 0 Å². The van der Waals surface area contributed by atoms with Gasteiger partial charge >= 0.3 is 0 Å². The number of amides is 1. The highest BCUT2D eigenvalue weighted by Crippen LogP contribution is 2.03. The number of carbonyl (C=O) groups is 1. The SMILES string of the molecule is CCN(CCN)C(=O)CC(C)C. The second kappa shape index (κ2) is 6.00. The lowest BCUT2D eigenvalue weighted by Gasteiger charge is -2.20. The summed E-state index contributed by atoms with van der Waals surface area (Å²) in [7, 11) is 0. The number of rotatable bonds is 5. The Balaban J connectivity index is 3.85. The van der Waals surface area contributed by atoms with Gasteiger partial charge in [0.25, 0.3) is 0 Å². The van der Waals surface area contributed by atoms with Gasteiger partial charge in [0, 0.05) is 26.1 Å². The fraction of sp³-hybridized carbons (Fsp3) is 0.889. The molecule has 0 aliphatic carbocycles. The van der Waals surface area contributed by atoms with E-state index in [1.807, 2.05) is 20.8 Å². The lowest BCUT2D eigenvalue weighted by atomic mass is 10.1. The van der Waals surface area contributed by atoms with Crippen LogP contribution >= 0.6 is 0 Å². The van der Waals surface area contributed by atoms with Gasteiger partial charge in [-0.05, 0) is 12.8 Å². The third-order valence-corrected chi connectivity index (χ3v) is 1.72. The van der Waals surface area contributed by atoms with Crippen molar-refractivity contribution in [3.05, 3.63) is 0 Å². The topological polar surface area (TPSA) is 46.3 Å². The van der Waals surface area contributed by atoms with Crippen LogP contribution in [-0.4, -0.2) is 30.4 Å². The van der Waals surface area contributed by atoms with Crippen molar-refractivity contribution in [2.75, 3.05) is 19.6 Å². The molecule has 0 fully saturated rings. The van der Waals surface area contributed by atoms with E-state index in [1.54, 1.807) is 4.90 Å². The zero-order valence-electron chi connectivity index (χ0n) is 8.34. The standard InChI is InChI=1S/C9H20N2O/c1-4-11(6-5-10)9(12)7-8(2)3/h8H,4-7,10H2,1-3H3. The summed E-state index contributed by atoms with van der Waals surface area (Å²) >= 11 is 0. The third-order valence-electron chi connectivity index (χ3n) is 1.72. The molecule has 0 saturated heterocycles. The van der Waals surface area contributed by atoms with Crippen LogP contribution in [0.15, 0.2) is 0 Å². The van der Waals surface area contributed by atoms with Crippen LogP contribution < -0.4 is 5.73 Å². The Morgan fingerprint density at radius 3 is 2.42 bits per heavy atom. The van der Waals surface area contributed by atoms with E-state index in [-0.39, 0.29) is 5.91 Å². The Bertz CT molecular complexity index is 134. The van der Waals surface area contributed by atoms with Crippen LogP contribution in [0.5, 0.6) is 0 Å². The van der Waals surface area contributed by atoms with Gasteiger partial charge in [0.1, 0.15) is 0 Å². The first-order chi connectivity index (χ1) is 5.61. The molecular formula is C9H20N2O. The molecule has 0 aromatic carbocycles. The van der Waals surface area contributed by atoms with Crippen LogP contribution in [-0.2, 0) is 4.79 Å². The average molecular weight is 172 g/mol. The highest BCUT2D eigenvalue weighted by Gasteiger charge is 2.11. The van der Waals surface area contributed by atoms with Gasteiger partial charge in [-0.1, -0.05) is 13.8 Å². The van der Waals surface area contributed by atoms with Crippen LogP contribution in [0.4, 0.5) is 0 Å². The molecule has 3 nitrogen and oxygen atoms in total. The molecule has 0 atom stereocenters. The molecule has 0 radical (unpaired) electrons. The minimum absolute atomic E-state index is 0.220. The fourth-order valence-corrected chi connectivity index (χ4v) is 1.09. The molecule has 72 valence electrons. The van der Waals surface area contributed by atoms with Crippen molar-refractivity contribution in [1.29, 1.82) is 0 Å². The quantitative estimate of drug-likeness (QED) is 0.668. The Morgan fingerprint density at radius 1 is 1.50 bits per heavy atom. The number of likely N-dealkylation sites (N-methyl/N-ethyl adjacent to an activating group) is 1. The summed E-state index contributed by atoms with van der Waals surface area (Å²) in [5.74, 6) is 0.655. The largest absolute Gasteiger partial charge is 0.342 e. The molecule has 0 spiro atoms. The third kappa shape index (κ3) is 4.34. The van der Waals surface area contributed by atoms with E-state index in [1.165, 1.54) is 0 Å². The van der Waals surface area contributed by atoms with Crippen LogP contribution in [0.3, 0.4) is 0 Å². The van der Waals surface area contributed by atoms with E-state index >= 15 is 0 Å². The number of nitrogens with zero attached hydrogens (tertiary/aromatic N) is 1. The monoisotopic (exact) mass is 172 g/mol. The van der Waals surface area contributed by atoms with Gasteiger partial charge in [-0.25, -0.2) is 0 Å². The first-order valence-electron chi connectivity index (χ1n) is 4.59. The Labute approximate surface area is 74.9 Å². The molecule has 3 heteroatoms. The minimum Gasteiger partial charge on any atom is -0.342 e. The van der Waals surface area contributed by atoms with Crippen molar-refractivity contribution in [2.24, 2.45) is 11.7 Å². The second-order valence-electron chi connectivity index (χ2n) is 3.36. The smallest absolute Gasteiger partial charge is 0.222 e. The van der Waals surface area contributed by atoms with Crippen molar-refractivity contribution in [3.8, 4) is 0 Å². The van der Waals surface area contributed by atoms with E-state index < -0.39 is 0 Å². The van der Waals surface area contributed by atoms with Crippen molar-refractivity contribution >= 4 is 5.91 Å². The van der Waals surface area contributed by atoms with E-state index in [0.717, 1.165) is 6.54 Å². The summed E-state index contributed by atoms with van der Waals surface area (Å²) < 4.78 is 0. The molecule has 0 heterocycles. The van der Waals surface area contributed by atoms with Crippen LogP contribution in [0, 0.1) is 5.92 Å². The highest BCUT2D eigenvalue weighted by atomic mass is 16.2. The summed E-state index contributed by atoms with van der Waals surface area (Å²) in [6.45, 7) is 8.08. The molecule has 0 rings (SSSR count). The highest BCUT2D eigenvalue weighted by molar-refractivity contribution is 5.76. The maximum Gasteiger partial charge on any atom is 0.222 e. The Kier molecular flexibility index (Phi) is 5.72. The van der Waals surface area contributed by atoms with E-state index in [9.17, 15) is 4.79 Å². The molecular weight excluding hydrogens is 152 g/mol. The molecule has 0 aromatic heterocycles. The zero-order valence-corrected chi connectivity index (χ0v) is 8.34. The molecule has 0 bridgehead atoms. The molecule has 0 unspecified atom stereocenters. The second-order valence-corrected chi connectivity index (χ2v) is 3.36. The molecule has 1 amide bonds. The number of hydrogen-bond donors (Lipinski definition) is 1. The Hall–Kier alpha value is -0.570. The molecule has 0 aromatic rings. The zero-order chi connectivity index (χ0) is 9.56. The van der Waals surface area contributed by atoms with Gasteiger partial charge in [-0.2, -0.15) is 0 Å². The molecule has 12 heavy (non-hydrogen) atoms. The van der Waals surface area contributed by atoms with Crippen LogP contribution in [0.1, 0.15) is 27.2 Å². The average Bonchev–Trinajstić information content (AvgIpc) is 1.98. The van der Waals surface area contributed by atoms with Crippen molar-refractivity contribution in [1.82, 2.24) is 4.90 Å². The normalized spacial score (nSPS) is 10.4. The van der Waals surface area contributed by atoms with Crippen LogP contribution in [0.2, 0.25) is 0 Å². The molecule has 0 aliphatic rings. The van der Waals surface area contributed by atoms with Gasteiger partial charge in [0.2, 0.25) is 5.91 Å². The maximum absolute atomic E-state index is 11.4. The van der Waals surface area contributed by atoms with Crippen molar-refractivity contribution in [3.63, 3.8) is 0 Å². The number of carbonyl (C=O) groups excluding carboxylic acids is 1. The van der Waals surface area contributed by atoms with Gasteiger partial charge in [0.05, 0.1) is 0 Å². The number of hydrogen-bond acceptors (Lipinski definition) is 2. The van der Waals surface area contributed by atoms with Crippen molar-refractivity contribution < 1.29 is 4.79 Å². The summed E-state index contributed by atoms with van der Waals surface area (Å²) in [5, 5.41) is 0. The lowest BCUT2D eigenvalue weighted by molar-refractivity contribution is -0.131. The first-order valence-corrected chi connectivity index (χ1v) is 4.59. The fourth-order valence-electron chi connectivity index (χ4n) is 1.09. The predicted octanol–water partition coefficient (Wildman–Crippen LogP) is 0.840. The molecule has 0 aliphatic heterocycles. The summed E-state index contributed by atoms with van der Waals surface area (Å²) in [5.41, 5.74) is 5.38. The summed E-state index contributed by atoms with van der Waals surface area (Å²) in [4.78, 5) is 13.3. The summed E-state index contributed by atoms with van der Waals surface area (Å²) in [6.07, 6.45) is 0.633. The van der Waals surface area contributed by atoms with E-state index in [4.69, 9.17) is 5.73 Å². The maximum atomic E-state index is 11.4. The molecule has 2 N–H and O–H groups in total. The Morgan fingerprint density at radius 2 is 2.08 bits per heavy atom. The van der Waals surface area contributed by atoms with Gasteiger partial charge in [-0.3, -0.25) is 4.79 Å². The first kappa shape index (κ1) is 11.4. The van der Waals surface area contributed by atoms with Gasteiger partial charge in [0.15, 0.2) is 0 Å². The lowest BCUT2D eigenvalue weighted by Crippen LogP contribution is -2.35. The minimum atomic E-state index is 0.220. The van der Waals surface area contributed by atoms with Gasteiger partial charge < -0.3 is 10.6 Å². The predicted molar refractivity (Wildman–Crippen MR) is 50.8 cm³/mol. The van der Waals surface area contributed by atoms with E-state index in [0.29, 0.717) is 25.4 Å². The summed E-state index contributed by atoms with van der Waals surface area (Å²) in [6, 6.07) is 0. The molecule has 0 saturated carbocycles. The van der Waals surface area contributed by atoms with Gasteiger partial charge in [-0.15, -0.1) is 0 Å². The number of nitrogens with two attached hydrogens (primary N) is 1.